The molecule has 0 saturated heterocycles. The first-order chi connectivity index (χ1) is 12.5. The molecule has 2 amide bonds. The van der Waals surface area contributed by atoms with Crippen molar-refractivity contribution >= 4 is 6.03 Å². The van der Waals surface area contributed by atoms with Gasteiger partial charge in [-0.05, 0) is 37.1 Å². The highest BCUT2D eigenvalue weighted by atomic mass is 16.5. The average molecular weight is 360 g/mol. The van der Waals surface area contributed by atoms with Crippen LogP contribution in [0.2, 0.25) is 0 Å². The molecule has 1 atom stereocenters. The summed E-state index contributed by atoms with van der Waals surface area (Å²) in [4.78, 5) is 14.2. The fourth-order valence-corrected chi connectivity index (χ4v) is 2.80. The SMILES string of the molecule is CCOc1cc(CN(C)C(=O)N[C@H](CC)c2ccnn2C)ccc1OC. The van der Waals surface area contributed by atoms with Crippen molar-refractivity contribution in [3.63, 3.8) is 0 Å². The Morgan fingerprint density at radius 2 is 2.08 bits per heavy atom. The van der Waals surface area contributed by atoms with E-state index in [4.69, 9.17) is 9.47 Å². The molecule has 1 heterocycles. The van der Waals surface area contributed by atoms with Crippen LogP contribution in [0, 0.1) is 0 Å². The van der Waals surface area contributed by atoms with Crippen molar-refractivity contribution in [1.29, 1.82) is 0 Å². The predicted octanol–water partition coefficient (Wildman–Crippen LogP) is 3.12. The maximum absolute atomic E-state index is 12.6. The highest BCUT2D eigenvalue weighted by molar-refractivity contribution is 5.74. The lowest BCUT2D eigenvalue weighted by Gasteiger charge is -2.23. The predicted molar refractivity (Wildman–Crippen MR) is 100 cm³/mol. The molecule has 0 saturated carbocycles. The van der Waals surface area contributed by atoms with Crippen molar-refractivity contribution in [1.82, 2.24) is 20.0 Å². The Morgan fingerprint density at radius 1 is 1.31 bits per heavy atom. The van der Waals surface area contributed by atoms with Gasteiger partial charge in [0.25, 0.3) is 0 Å². The van der Waals surface area contributed by atoms with Gasteiger partial charge in [-0.25, -0.2) is 4.79 Å². The molecule has 0 aliphatic carbocycles. The lowest BCUT2D eigenvalue weighted by atomic mass is 10.1. The molecular formula is C19H28N4O3. The first-order valence-corrected chi connectivity index (χ1v) is 8.79. The van der Waals surface area contributed by atoms with E-state index in [0.717, 1.165) is 17.7 Å². The molecule has 0 bridgehead atoms. The fourth-order valence-electron chi connectivity index (χ4n) is 2.80. The average Bonchev–Trinajstić information content (AvgIpc) is 3.05. The molecule has 7 nitrogen and oxygen atoms in total. The van der Waals surface area contributed by atoms with E-state index in [9.17, 15) is 4.79 Å². The number of aromatic nitrogens is 2. The summed E-state index contributed by atoms with van der Waals surface area (Å²) < 4.78 is 12.7. The zero-order chi connectivity index (χ0) is 19.1. The minimum Gasteiger partial charge on any atom is -0.493 e. The van der Waals surface area contributed by atoms with Crippen molar-refractivity contribution in [2.75, 3.05) is 20.8 Å². The van der Waals surface area contributed by atoms with E-state index in [1.807, 2.05) is 45.2 Å². The molecule has 2 rings (SSSR count). The number of nitrogens with one attached hydrogen (secondary N) is 1. The number of rotatable bonds is 8. The number of ether oxygens (including phenoxy) is 2. The molecule has 0 radical (unpaired) electrons. The first kappa shape index (κ1) is 19.6. The maximum Gasteiger partial charge on any atom is 0.317 e. The minimum absolute atomic E-state index is 0.0766. The fraction of sp³-hybridized carbons (Fsp3) is 0.474. The quantitative estimate of drug-likeness (QED) is 0.785. The summed E-state index contributed by atoms with van der Waals surface area (Å²) >= 11 is 0. The second-order valence-corrected chi connectivity index (χ2v) is 6.06. The molecule has 1 N–H and O–H groups in total. The van der Waals surface area contributed by atoms with E-state index in [2.05, 4.69) is 10.4 Å². The van der Waals surface area contributed by atoms with Gasteiger partial charge in [0.05, 0.1) is 25.5 Å². The molecule has 0 fully saturated rings. The molecule has 0 unspecified atom stereocenters. The topological polar surface area (TPSA) is 68.6 Å². The molecule has 142 valence electrons. The van der Waals surface area contributed by atoms with Crippen LogP contribution >= 0.6 is 0 Å². The van der Waals surface area contributed by atoms with Crippen molar-refractivity contribution < 1.29 is 14.3 Å². The van der Waals surface area contributed by atoms with Crippen molar-refractivity contribution in [3.05, 3.63) is 41.7 Å². The van der Waals surface area contributed by atoms with Gasteiger partial charge in [0.2, 0.25) is 0 Å². The van der Waals surface area contributed by atoms with Crippen LogP contribution in [-0.4, -0.2) is 41.5 Å². The summed E-state index contributed by atoms with van der Waals surface area (Å²) in [5.74, 6) is 1.37. The summed E-state index contributed by atoms with van der Waals surface area (Å²) in [5, 5.41) is 7.24. The number of nitrogens with zero attached hydrogens (tertiary/aromatic N) is 3. The third-order valence-corrected chi connectivity index (χ3v) is 4.22. The second kappa shape index (κ2) is 9.12. The van der Waals surface area contributed by atoms with Gasteiger partial charge in [-0.15, -0.1) is 0 Å². The van der Waals surface area contributed by atoms with Crippen LogP contribution in [0.15, 0.2) is 30.5 Å². The van der Waals surface area contributed by atoms with Gasteiger partial charge >= 0.3 is 6.03 Å². The number of methoxy groups -OCH3 is 1. The number of amides is 2. The lowest BCUT2D eigenvalue weighted by molar-refractivity contribution is 0.201. The monoisotopic (exact) mass is 360 g/mol. The molecule has 0 spiro atoms. The lowest BCUT2D eigenvalue weighted by Crippen LogP contribution is -2.39. The van der Waals surface area contributed by atoms with Gasteiger partial charge in [-0.1, -0.05) is 13.0 Å². The van der Waals surface area contributed by atoms with E-state index in [-0.39, 0.29) is 12.1 Å². The van der Waals surface area contributed by atoms with Gasteiger partial charge in [-0.2, -0.15) is 5.10 Å². The molecule has 1 aromatic heterocycles. The van der Waals surface area contributed by atoms with Crippen LogP contribution in [0.5, 0.6) is 11.5 Å². The van der Waals surface area contributed by atoms with Gasteiger partial charge in [0.15, 0.2) is 11.5 Å². The van der Waals surface area contributed by atoms with E-state index < -0.39 is 0 Å². The van der Waals surface area contributed by atoms with Gasteiger partial charge in [0.1, 0.15) is 0 Å². The number of carbonyl (C=O) groups excluding carboxylic acids is 1. The number of urea groups is 1. The third-order valence-electron chi connectivity index (χ3n) is 4.22. The summed E-state index contributed by atoms with van der Waals surface area (Å²) in [6, 6.07) is 7.41. The standard InChI is InChI=1S/C19H28N4O3/c1-6-15(16-10-11-20-23(16)4)21-19(24)22(3)13-14-8-9-17(25-5)18(12-14)26-7-2/h8-12,15H,6-7,13H2,1-5H3,(H,21,24)/t15-/m1/s1. The third kappa shape index (κ3) is 4.68. The van der Waals surface area contributed by atoms with Crippen LogP contribution in [-0.2, 0) is 13.6 Å². The van der Waals surface area contributed by atoms with Crippen molar-refractivity contribution in [3.8, 4) is 11.5 Å². The highest BCUT2D eigenvalue weighted by Gasteiger charge is 2.18. The zero-order valence-corrected chi connectivity index (χ0v) is 16.2. The van der Waals surface area contributed by atoms with Crippen LogP contribution < -0.4 is 14.8 Å². The Balaban J connectivity index is 2.04. The Labute approximate surface area is 154 Å². The minimum atomic E-state index is -0.133. The Kier molecular flexibility index (Phi) is 6.89. The number of benzene rings is 1. The Hall–Kier alpha value is -2.70. The number of hydrogen-bond acceptors (Lipinski definition) is 4. The summed E-state index contributed by atoms with van der Waals surface area (Å²) in [6.07, 6.45) is 2.52. The molecule has 7 heteroatoms. The van der Waals surface area contributed by atoms with E-state index >= 15 is 0 Å². The van der Waals surface area contributed by atoms with Crippen LogP contribution in [0.1, 0.15) is 37.6 Å². The highest BCUT2D eigenvalue weighted by Crippen LogP contribution is 2.28. The Morgan fingerprint density at radius 3 is 2.65 bits per heavy atom. The van der Waals surface area contributed by atoms with E-state index in [1.165, 1.54) is 0 Å². The first-order valence-electron chi connectivity index (χ1n) is 8.79. The van der Waals surface area contributed by atoms with Crippen LogP contribution in [0.4, 0.5) is 4.79 Å². The zero-order valence-electron chi connectivity index (χ0n) is 16.2. The van der Waals surface area contributed by atoms with Crippen LogP contribution in [0.25, 0.3) is 0 Å². The van der Waals surface area contributed by atoms with Gasteiger partial charge in [0, 0.05) is 26.8 Å². The largest absolute Gasteiger partial charge is 0.493 e. The van der Waals surface area contributed by atoms with Crippen LogP contribution in [0.3, 0.4) is 0 Å². The number of hydrogen-bond donors (Lipinski definition) is 1. The summed E-state index contributed by atoms with van der Waals surface area (Å²) in [5.41, 5.74) is 1.96. The van der Waals surface area contributed by atoms with Gasteiger partial charge in [-0.3, -0.25) is 4.68 Å². The van der Waals surface area contributed by atoms with Gasteiger partial charge < -0.3 is 19.7 Å². The van der Waals surface area contributed by atoms with E-state index in [0.29, 0.717) is 24.7 Å². The van der Waals surface area contributed by atoms with E-state index in [1.54, 1.807) is 29.9 Å². The number of carbonyl (C=O) groups is 1. The normalized spacial score (nSPS) is 11.7. The summed E-state index contributed by atoms with van der Waals surface area (Å²) in [6.45, 7) is 4.99. The molecule has 2 aromatic rings. The Bertz CT molecular complexity index is 729. The molecule has 0 aliphatic heterocycles. The molecule has 26 heavy (non-hydrogen) atoms. The second-order valence-electron chi connectivity index (χ2n) is 6.06. The summed E-state index contributed by atoms with van der Waals surface area (Å²) in [7, 11) is 5.26. The molecule has 0 aliphatic rings. The smallest absolute Gasteiger partial charge is 0.317 e. The molecular weight excluding hydrogens is 332 g/mol. The molecule has 1 aromatic carbocycles. The van der Waals surface area contributed by atoms with Crippen molar-refractivity contribution in [2.24, 2.45) is 7.05 Å². The van der Waals surface area contributed by atoms with Crippen molar-refractivity contribution in [2.45, 2.75) is 32.9 Å². The number of aryl methyl sites for hydroxylation is 1. The maximum atomic E-state index is 12.6.